The fourth-order valence-electron chi connectivity index (χ4n) is 0.953. The van der Waals surface area contributed by atoms with Crippen molar-refractivity contribution >= 4 is 11.8 Å². The van der Waals surface area contributed by atoms with Crippen LogP contribution in [-0.4, -0.2) is 28.9 Å². The van der Waals surface area contributed by atoms with Gasteiger partial charge in [0.15, 0.2) is 5.78 Å². The van der Waals surface area contributed by atoms with Crippen LogP contribution in [0.5, 0.6) is 0 Å². The molecule has 0 rings (SSSR count). The molecule has 0 amide bonds. The van der Waals surface area contributed by atoms with Crippen LogP contribution in [0.2, 0.25) is 0 Å². The molecule has 0 aromatic heterocycles. The number of Topliss-reactive ketones (excluding diaryl/α,β-unsaturated/α-hetero) is 1. The molecule has 0 saturated heterocycles. The van der Waals surface area contributed by atoms with Crippen LogP contribution in [0.4, 0.5) is 0 Å². The monoisotopic (exact) mass is 188 g/mol. The molecule has 2 atom stereocenters. The smallest absolute Gasteiger partial charge is 0.303 e. The van der Waals surface area contributed by atoms with Gasteiger partial charge >= 0.3 is 5.97 Å². The average Bonchev–Trinajstić information content (AvgIpc) is 2.02. The number of ketones is 1. The van der Waals surface area contributed by atoms with Gasteiger partial charge in [0.1, 0.15) is 0 Å². The van der Waals surface area contributed by atoms with E-state index < -0.39 is 18.1 Å². The molecular weight excluding hydrogens is 172 g/mol. The number of hydrogen-bond donors (Lipinski definition) is 3. The summed E-state index contributed by atoms with van der Waals surface area (Å²) in [6.07, 6.45) is 0.835. The van der Waals surface area contributed by atoms with Gasteiger partial charge in [-0.05, 0) is 19.8 Å². The third kappa shape index (κ3) is 5.32. The van der Waals surface area contributed by atoms with Crippen molar-refractivity contribution < 1.29 is 14.7 Å². The number of nitrogens with two attached hydrogens (primary N) is 2. The minimum absolute atomic E-state index is 0.0416. The Labute approximate surface area is 77.1 Å². The average molecular weight is 188 g/mol. The van der Waals surface area contributed by atoms with Gasteiger partial charge < -0.3 is 16.6 Å². The Balaban J connectivity index is 3.68. The summed E-state index contributed by atoms with van der Waals surface area (Å²) in [5.74, 6) is -1.09. The lowest BCUT2D eigenvalue weighted by atomic mass is 10.0. The molecule has 0 aliphatic heterocycles. The zero-order valence-corrected chi connectivity index (χ0v) is 7.69. The molecule has 5 heteroatoms. The summed E-state index contributed by atoms with van der Waals surface area (Å²) in [5.41, 5.74) is 10.8. The molecule has 0 radical (unpaired) electrons. The number of carbonyl (C=O) groups is 2. The maximum atomic E-state index is 11.1. The molecule has 0 heterocycles. The van der Waals surface area contributed by atoms with Crippen LogP contribution in [-0.2, 0) is 9.59 Å². The van der Waals surface area contributed by atoms with Crippen LogP contribution in [0.15, 0.2) is 0 Å². The molecule has 0 saturated carbocycles. The highest BCUT2D eigenvalue weighted by molar-refractivity contribution is 5.88. The summed E-state index contributed by atoms with van der Waals surface area (Å²) < 4.78 is 0. The normalized spacial score (nSPS) is 15.0. The van der Waals surface area contributed by atoms with Gasteiger partial charge in [-0.3, -0.25) is 9.59 Å². The topological polar surface area (TPSA) is 106 Å². The fraction of sp³-hybridized carbons (Fsp3) is 0.750. The van der Waals surface area contributed by atoms with Crippen molar-refractivity contribution in [3.05, 3.63) is 0 Å². The number of carbonyl (C=O) groups excluding carboxylic acids is 1. The first kappa shape index (κ1) is 12.1. The molecule has 0 fully saturated rings. The van der Waals surface area contributed by atoms with Gasteiger partial charge in [-0.25, -0.2) is 0 Å². The molecule has 0 aliphatic rings. The second-order valence-corrected chi connectivity index (χ2v) is 3.08. The van der Waals surface area contributed by atoms with Crippen LogP contribution >= 0.6 is 0 Å². The minimum Gasteiger partial charge on any atom is -0.481 e. The molecule has 0 bridgehead atoms. The van der Waals surface area contributed by atoms with Gasteiger partial charge in [0.2, 0.25) is 0 Å². The van der Waals surface area contributed by atoms with Crippen molar-refractivity contribution in [2.24, 2.45) is 11.5 Å². The molecule has 0 aromatic carbocycles. The summed E-state index contributed by atoms with van der Waals surface area (Å²) >= 11 is 0. The van der Waals surface area contributed by atoms with Crippen molar-refractivity contribution in [1.82, 2.24) is 0 Å². The first-order valence-electron chi connectivity index (χ1n) is 4.22. The van der Waals surface area contributed by atoms with Crippen LogP contribution in [0.3, 0.4) is 0 Å². The zero-order valence-electron chi connectivity index (χ0n) is 7.69. The van der Waals surface area contributed by atoms with E-state index in [1.54, 1.807) is 6.92 Å². The van der Waals surface area contributed by atoms with Gasteiger partial charge in [0, 0.05) is 6.42 Å². The summed E-state index contributed by atoms with van der Waals surface area (Å²) in [7, 11) is 0. The first-order chi connectivity index (χ1) is 5.95. The van der Waals surface area contributed by atoms with Crippen LogP contribution in [0.25, 0.3) is 0 Å². The molecule has 0 aliphatic carbocycles. The standard InChI is InChI=1S/C8H16N2O3/c1-5(9)8(13)6(10)3-2-4-7(11)12/h5-6H,2-4,9-10H2,1H3,(H,11,12)/t5-,6?/m1/s1. The second-order valence-electron chi connectivity index (χ2n) is 3.08. The number of aliphatic carboxylic acids is 1. The lowest BCUT2D eigenvalue weighted by Gasteiger charge is -2.11. The molecular formula is C8H16N2O3. The molecule has 13 heavy (non-hydrogen) atoms. The Morgan fingerprint density at radius 1 is 1.38 bits per heavy atom. The van der Waals surface area contributed by atoms with Gasteiger partial charge in [-0.1, -0.05) is 0 Å². The van der Waals surface area contributed by atoms with E-state index in [-0.39, 0.29) is 12.2 Å². The molecule has 5 N–H and O–H groups in total. The third-order valence-electron chi connectivity index (χ3n) is 1.72. The van der Waals surface area contributed by atoms with Crippen molar-refractivity contribution in [3.63, 3.8) is 0 Å². The van der Waals surface area contributed by atoms with Crippen LogP contribution in [0.1, 0.15) is 26.2 Å². The SMILES string of the molecule is C[C@@H](N)C(=O)C(N)CCCC(=O)O. The molecule has 5 nitrogen and oxygen atoms in total. The Bertz CT molecular complexity index is 192. The first-order valence-corrected chi connectivity index (χ1v) is 4.22. The summed E-state index contributed by atoms with van der Waals surface area (Å²) in [6.45, 7) is 1.57. The minimum atomic E-state index is -0.875. The van der Waals surface area contributed by atoms with E-state index in [9.17, 15) is 9.59 Å². The van der Waals surface area contributed by atoms with Gasteiger partial charge in [-0.2, -0.15) is 0 Å². The molecule has 1 unspecified atom stereocenters. The van der Waals surface area contributed by atoms with E-state index in [0.717, 1.165) is 0 Å². The Kier molecular flexibility index (Phi) is 5.25. The molecule has 0 aromatic rings. The largest absolute Gasteiger partial charge is 0.481 e. The molecule has 76 valence electrons. The highest BCUT2D eigenvalue weighted by Gasteiger charge is 2.16. The van der Waals surface area contributed by atoms with Crippen molar-refractivity contribution in [3.8, 4) is 0 Å². The van der Waals surface area contributed by atoms with E-state index in [0.29, 0.717) is 12.8 Å². The fourth-order valence-corrected chi connectivity index (χ4v) is 0.953. The summed E-state index contributed by atoms with van der Waals surface area (Å²) in [5, 5.41) is 8.32. The third-order valence-corrected chi connectivity index (χ3v) is 1.72. The lowest BCUT2D eigenvalue weighted by Crippen LogP contribution is -2.41. The van der Waals surface area contributed by atoms with E-state index in [1.807, 2.05) is 0 Å². The van der Waals surface area contributed by atoms with Crippen LogP contribution in [0, 0.1) is 0 Å². The number of carboxylic acid groups (broad SMARTS) is 1. The number of carboxylic acids is 1. The number of rotatable bonds is 6. The molecule has 0 spiro atoms. The van der Waals surface area contributed by atoms with Crippen LogP contribution < -0.4 is 11.5 Å². The maximum Gasteiger partial charge on any atom is 0.303 e. The number of hydrogen-bond acceptors (Lipinski definition) is 4. The Morgan fingerprint density at radius 3 is 2.31 bits per heavy atom. The quantitative estimate of drug-likeness (QED) is 0.520. The summed E-state index contributed by atoms with van der Waals surface area (Å²) in [4.78, 5) is 21.3. The summed E-state index contributed by atoms with van der Waals surface area (Å²) in [6, 6.07) is -1.20. The maximum absolute atomic E-state index is 11.1. The van der Waals surface area contributed by atoms with Gasteiger partial charge in [0.25, 0.3) is 0 Å². The highest BCUT2D eigenvalue weighted by atomic mass is 16.4. The zero-order chi connectivity index (χ0) is 10.4. The van der Waals surface area contributed by atoms with E-state index in [4.69, 9.17) is 16.6 Å². The van der Waals surface area contributed by atoms with Gasteiger partial charge in [-0.15, -0.1) is 0 Å². The van der Waals surface area contributed by atoms with Gasteiger partial charge in [0.05, 0.1) is 12.1 Å². The van der Waals surface area contributed by atoms with Crippen molar-refractivity contribution in [2.45, 2.75) is 38.3 Å². The van der Waals surface area contributed by atoms with Crippen molar-refractivity contribution in [1.29, 1.82) is 0 Å². The second kappa shape index (κ2) is 5.66. The Hall–Kier alpha value is -0.940. The lowest BCUT2D eigenvalue weighted by molar-refractivity contribution is -0.137. The van der Waals surface area contributed by atoms with Crippen molar-refractivity contribution in [2.75, 3.05) is 0 Å². The Morgan fingerprint density at radius 2 is 1.92 bits per heavy atom. The van der Waals surface area contributed by atoms with E-state index >= 15 is 0 Å². The predicted octanol–water partition coefficient (Wildman–Crippen LogP) is -0.515. The van der Waals surface area contributed by atoms with E-state index in [1.165, 1.54) is 0 Å². The van der Waals surface area contributed by atoms with E-state index in [2.05, 4.69) is 0 Å². The predicted molar refractivity (Wildman–Crippen MR) is 48.1 cm³/mol. The highest BCUT2D eigenvalue weighted by Crippen LogP contribution is 2.01.